The van der Waals surface area contributed by atoms with E-state index in [1.807, 2.05) is 6.08 Å². The monoisotopic (exact) mass is 297 g/mol. The lowest BCUT2D eigenvalue weighted by Crippen LogP contribution is -2.32. The lowest BCUT2D eigenvalue weighted by molar-refractivity contribution is -0.137. The summed E-state index contributed by atoms with van der Waals surface area (Å²) in [6, 6.07) is 0. The van der Waals surface area contributed by atoms with Gasteiger partial charge in [0.1, 0.15) is 0 Å². The molecular formula is C13H16BrNO2. The van der Waals surface area contributed by atoms with Gasteiger partial charge in [-0.1, -0.05) is 34.5 Å². The molecule has 0 saturated carbocycles. The molecule has 1 aliphatic carbocycles. The Morgan fingerprint density at radius 3 is 2.71 bits per heavy atom. The van der Waals surface area contributed by atoms with Gasteiger partial charge in [-0.3, -0.25) is 14.5 Å². The maximum atomic E-state index is 12.0. The number of carbonyl (C=O) groups is 2. The summed E-state index contributed by atoms with van der Waals surface area (Å²) in [4.78, 5) is 25.4. The standard InChI is InChI=1S/C13H16BrNO2/c14-8-4-1-5-9-15-12(16)10-6-2-3-7-11(10)13(15)17/h2,6H,1,3-5,7-9H2. The van der Waals surface area contributed by atoms with Crippen LogP contribution in [0, 0.1) is 0 Å². The number of halogens is 1. The van der Waals surface area contributed by atoms with Crippen molar-refractivity contribution in [1.82, 2.24) is 4.90 Å². The molecule has 0 atom stereocenters. The fourth-order valence-corrected chi connectivity index (χ4v) is 2.63. The first-order valence-corrected chi connectivity index (χ1v) is 7.19. The Hall–Kier alpha value is -0.900. The van der Waals surface area contributed by atoms with Gasteiger partial charge in [0.05, 0.1) is 0 Å². The van der Waals surface area contributed by atoms with E-state index in [4.69, 9.17) is 0 Å². The van der Waals surface area contributed by atoms with Gasteiger partial charge in [-0.15, -0.1) is 0 Å². The number of imide groups is 1. The zero-order valence-electron chi connectivity index (χ0n) is 9.75. The first-order valence-electron chi connectivity index (χ1n) is 6.07. The third kappa shape index (κ3) is 2.51. The van der Waals surface area contributed by atoms with Gasteiger partial charge in [0.25, 0.3) is 11.8 Å². The number of carbonyl (C=O) groups excluding carboxylic acids is 2. The van der Waals surface area contributed by atoms with Crippen LogP contribution in [0.5, 0.6) is 0 Å². The molecule has 17 heavy (non-hydrogen) atoms. The first kappa shape index (κ1) is 12.6. The van der Waals surface area contributed by atoms with E-state index in [1.54, 1.807) is 6.08 Å². The minimum absolute atomic E-state index is 0.0619. The Kier molecular flexibility index (Phi) is 4.15. The topological polar surface area (TPSA) is 37.4 Å². The maximum absolute atomic E-state index is 12.0. The number of hydrogen-bond acceptors (Lipinski definition) is 2. The number of amides is 2. The van der Waals surface area contributed by atoms with Crippen LogP contribution in [0.25, 0.3) is 0 Å². The summed E-state index contributed by atoms with van der Waals surface area (Å²) in [5.41, 5.74) is 1.35. The Labute approximate surface area is 110 Å². The van der Waals surface area contributed by atoms with Crippen LogP contribution in [0.3, 0.4) is 0 Å². The normalized spacial score (nSPS) is 19.2. The van der Waals surface area contributed by atoms with Crippen molar-refractivity contribution in [3.8, 4) is 0 Å². The van der Waals surface area contributed by atoms with E-state index in [1.165, 1.54) is 4.90 Å². The van der Waals surface area contributed by atoms with E-state index < -0.39 is 0 Å². The molecule has 0 aromatic heterocycles. The number of unbranched alkanes of at least 4 members (excludes halogenated alkanes) is 2. The van der Waals surface area contributed by atoms with Gasteiger partial charge in [-0.05, 0) is 25.7 Å². The SMILES string of the molecule is O=C1C2=C(CCC=C2)C(=O)N1CCCCCBr. The van der Waals surface area contributed by atoms with E-state index in [0.29, 0.717) is 18.5 Å². The molecule has 2 amide bonds. The molecule has 4 heteroatoms. The third-order valence-electron chi connectivity index (χ3n) is 3.16. The average Bonchev–Trinajstić information content (AvgIpc) is 2.60. The second kappa shape index (κ2) is 5.63. The van der Waals surface area contributed by atoms with Crippen molar-refractivity contribution in [3.63, 3.8) is 0 Å². The molecule has 0 bridgehead atoms. The van der Waals surface area contributed by atoms with Gasteiger partial charge in [-0.25, -0.2) is 0 Å². The number of hydrogen-bond donors (Lipinski definition) is 0. The largest absolute Gasteiger partial charge is 0.275 e. The zero-order chi connectivity index (χ0) is 12.3. The summed E-state index contributed by atoms with van der Waals surface area (Å²) in [5.74, 6) is -0.159. The second-order valence-electron chi connectivity index (χ2n) is 4.34. The van der Waals surface area contributed by atoms with E-state index in [0.717, 1.165) is 36.6 Å². The molecule has 0 aromatic rings. The molecular weight excluding hydrogens is 282 g/mol. The molecule has 2 aliphatic rings. The van der Waals surface area contributed by atoms with Crippen LogP contribution in [-0.4, -0.2) is 28.6 Å². The molecule has 3 nitrogen and oxygen atoms in total. The van der Waals surface area contributed by atoms with Crippen molar-refractivity contribution in [2.75, 3.05) is 11.9 Å². The van der Waals surface area contributed by atoms with E-state index in [9.17, 15) is 9.59 Å². The molecule has 1 heterocycles. The summed E-state index contributed by atoms with van der Waals surface area (Å²) in [7, 11) is 0. The summed E-state index contributed by atoms with van der Waals surface area (Å²) in [6.07, 6.45) is 8.39. The Bertz CT molecular complexity index is 398. The highest BCUT2D eigenvalue weighted by atomic mass is 79.9. The maximum Gasteiger partial charge on any atom is 0.261 e. The van der Waals surface area contributed by atoms with Crippen LogP contribution in [0.1, 0.15) is 32.1 Å². The van der Waals surface area contributed by atoms with Gasteiger partial charge >= 0.3 is 0 Å². The van der Waals surface area contributed by atoms with Crippen LogP contribution < -0.4 is 0 Å². The summed E-state index contributed by atoms with van der Waals surface area (Å²) in [5, 5.41) is 0.979. The number of nitrogens with zero attached hydrogens (tertiary/aromatic N) is 1. The van der Waals surface area contributed by atoms with Gasteiger partial charge in [0.2, 0.25) is 0 Å². The quantitative estimate of drug-likeness (QED) is 0.444. The van der Waals surface area contributed by atoms with E-state index in [2.05, 4.69) is 15.9 Å². The second-order valence-corrected chi connectivity index (χ2v) is 5.14. The van der Waals surface area contributed by atoms with Crippen molar-refractivity contribution in [1.29, 1.82) is 0 Å². The first-order chi connectivity index (χ1) is 8.25. The van der Waals surface area contributed by atoms with Crippen LogP contribution >= 0.6 is 15.9 Å². The number of allylic oxidation sites excluding steroid dienone is 1. The van der Waals surface area contributed by atoms with Crippen molar-refractivity contribution in [3.05, 3.63) is 23.3 Å². The predicted octanol–water partition coefficient (Wildman–Crippen LogP) is 2.57. The van der Waals surface area contributed by atoms with E-state index in [-0.39, 0.29) is 11.8 Å². The van der Waals surface area contributed by atoms with Crippen LogP contribution in [0.4, 0.5) is 0 Å². The molecule has 0 unspecified atom stereocenters. The predicted molar refractivity (Wildman–Crippen MR) is 69.8 cm³/mol. The summed E-state index contributed by atoms with van der Waals surface area (Å²) >= 11 is 3.37. The third-order valence-corrected chi connectivity index (χ3v) is 3.73. The highest BCUT2D eigenvalue weighted by Gasteiger charge is 2.36. The Morgan fingerprint density at radius 1 is 1.18 bits per heavy atom. The molecule has 0 spiro atoms. The lowest BCUT2D eigenvalue weighted by Gasteiger charge is -2.14. The lowest BCUT2D eigenvalue weighted by atomic mass is 10.00. The van der Waals surface area contributed by atoms with Crippen molar-refractivity contribution in [2.24, 2.45) is 0 Å². The minimum atomic E-state index is -0.0974. The number of rotatable bonds is 5. The van der Waals surface area contributed by atoms with Crippen LogP contribution in [0.2, 0.25) is 0 Å². The molecule has 0 fully saturated rings. The number of alkyl halides is 1. The molecule has 0 N–H and O–H groups in total. The van der Waals surface area contributed by atoms with Gasteiger partial charge < -0.3 is 0 Å². The van der Waals surface area contributed by atoms with Gasteiger partial charge in [0, 0.05) is 23.0 Å². The highest BCUT2D eigenvalue weighted by Crippen LogP contribution is 2.29. The van der Waals surface area contributed by atoms with Crippen LogP contribution in [0.15, 0.2) is 23.3 Å². The Morgan fingerprint density at radius 2 is 2.00 bits per heavy atom. The smallest absolute Gasteiger partial charge is 0.261 e. The van der Waals surface area contributed by atoms with E-state index >= 15 is 0 Å². The zero-order valence-corrected chi connectivity index (χ0v) is 11.3. The Balaban J connectivity index is 1.96. The summed E-state index contributed by atoms with van der Waals surface area (Å²) < 4.78 is 0. The highest BCUT2D eigenvalue weighted by molar-refractivity contribution is 9.09. The van der Waals surface area contributed by atoms with Crippen molar-refractivity contribution < 1.29 is 9.59 Å². The summed E-state index contributed by atoms with van der Waals surface area (Å²) in [6.45, 7) is 0.561. The van der Waals surface area contributed by atoms with Crippen LogP contribution in [-0.2, 0) is 9.59 Å². The van der Waals surface area contributed by atoms with Crippen molar-refractivity contribution >= 4 is 27.7 Å². The molecule has 0 aromatic carbocycles. The van der Waals surface area contributed by atoms with Gasteiger partial charge in [-0.2, -0.15) is 0 Å². The fraction of sp³-hybridized carbons (Fsp3) is 0.538. The van der Waals surface area contributed by atoms with Crippen molar-refractivity contribution in [2.45, 2.75) is 32.1 Å². The molecule has 0 saturated heterocycles. The fourth-order valence-electron chi connectivity index (χ4n) is 2.23. The molecule has 2 rings (SSSR count). The molecule has 1 aliphatic heterocycles. The molecule has 92 valence electrons. The minimum Gasteiger partial charge on any atom is -0.275 e. The molecule has 0 radical (unpaired) electrons. The average molecular weight is 298 g/mol. The van der Waals surface area contributed by atoms with Gasteiger partial charge in [0.15, 0.2) is 0 Å².